The van der Waals surface area contributed by atoms with Gasteiger partial charge >= 0.3 is 0 Å². The molecule has 0 atom stereocenters. The molecule has 0 aliphatic heterocycles. The summed E-state index contributed by atoms with van der Waals surface area (Å²) in [4.78, 5) is 0. The second-order valence-electron chi connectivity index (χ2n) is 15.2. The van der Waals surface area contributed by atoms with Crippen LogP contribution in [0.4, 0.5) is 0 Å². The molecule has 0 amide bonds. The van der Waals surface area contributed by atoms with Gasteiger partial charge in [-0.25, -0.2) is 0 Å². The van der Waals surface area contributed by atoms with E-state index in [9.17, 15) is 0 Å². The molecule has 11 rings (SSSR count). The third-order valence-corrected chi connectivity index (χ3v) is 11.9. The molecule has 0 aliphatic rings. The summed E-state index contributed by atoms with van der Waals surface area (Å²) in [6.45, 7) is 0. The molecule has 0 spiro atoms. The van der Waals surface area contributed by atoms with Crippen LogP contribution < -0.4 is 16.4 Å². The van der Waals surface area contributed by atoms with Crippen molar-refractivity contribution in [3.8, 4) is 55.9 Å². The monoisotopic (exact) mass is 742 g/mol. The number of hydrogen-bond acceptors (Lipinski definition) is 0. The number of fused-ring (bicyclic) bond motifs is 6. The van der Waals surface area contributed by atoms with Crippen molar-refractivity contribution in [2.24, 2.45) is 0 Å². The van der Waals surface area contributed by atoms with Crippen LogP contribution in [0, 0.1) is 0 Å². The quantitative estimate of drug-likeness (QED) is 0.150. The summed E-state index contributed by atoms with van der Waals surface area (Å²) in [5, 5.41) is 4.18. The lowest BCUT2D eigenvalue weighted by Gasteiger charge is -2.19. The van der Waals surface area contributed by atoms with Gasteiger partial charge in [0, 0.05) is 38.4 Å². The van der Waals surface area contributed by atoms with Gasteiger partial charge in [-0.05, 0) is 93.0 Å². The van der Waals surface area contributed by atoms with E-state index < -0.39 is 0 Å². The first-order chi connectivity index (χ1) is 29.0. The summed E-state index contributed by atoms with van der Waals surface area (Å²) in [5.41, 5.74) is 16.1. The first-order valence-electron chi connectivity index (χ1n) is 19.9. The molecule has 0 bridgehead atoms. The van der Waals surface area contributed by atoms with Gasteiger partial charge < -0.3 is 9.13 Å². The molecule has 2 nitrogen and oxygen atoms in total. The Morgan fingerprint density at radius 3 is 1.49 bits per heavy atom. The lowest BCUT2D eigenvalue weighted by Crippen LogP contribution is -2.35. The summed E-state index contributed by atoms with van der Waals surface area (Å²) >= 11 is 0. The average molecular weight is 742 g/mol. The Bertz CT molecular complexity index is 3370. The summed E-state index contributed by atoms with van der Waals surface area (Å²) < 4.78 is 4.53. The highest BCUT2D eigenvalue weighted by molar-refractivity contribution is 6.60. The zero-order valence-corrected chi connectivity index (χ0v) is 32.2. The van der Waals surface area contributed by atoms with Crippen molar-refractivity contribution in [3.63, 3.8) is 0 Å². The van der Waals surface area contributed by atoms with Crippen molar-refractivity contribution in [1.29, 1.82) is 0 Å². The fourth-order valence-electron chi connectivity index (χ4n) is 9.10. The molecule has 268 valence electrons. The second kappa shape index (κ2) is 14.0. The van der Waals surface area contributed by atoms with E-state index in [1.54, 1.807) is 0 Å². The molecule has 2 heterocycles. The fourth-order valence-corrected chi connectivity index (χ4v) is 9.10. The standard InChI is InChI=1S/C54H33B3N2/c55-51-48(39-29-32-46-44(33-39)43-19-10-11-21-45(43)58(46)40-17-8-3-9-18-40)52(56)53(57)54-50(51)49-42(38-15-6-2-7-16-38)20-12-22-47(49)59(54)41-30-27-37(28-31-41)36-25-23-35(24-26-36)34-13-4-1-5-14-34/h1-33H. The number of benzene rings is 9. The molecule has 0 aliphatic carbocycles. The Balaban J connectivity index is 1.12. The van der Waals surface area contributed by atoms with Gasteiger partial charge in [0.2, 0.25) is 0 Å². The summed E-state index contributed by atoms with van der Waals surface area (Å²) in [7, 11) is 21.9. The zero-order chi connectivity index (χ0) is 39.6. The van der Waals surface area contributed by atoms with E-state index in [4.69, 9.17) is 23.5 Å². The third-order valence-electron chi connectivity index (χ3n) is 11.9. The topological polar surface area (TPSA) is 9.86 Å². The van der Waals surface area contributed by atoms with E-state index in [0.717, 1.165) is 88.4 Å². The number of hydrogen-bond donors (Lipinski definition) is 0. The molecule has 6 radical (unpaired) electrons. The van der Waals surface area contributed by atoms with Crippen molar-refractivity contribution in [1.82, 2.24) is 9.13 Å². The van der Waals surface area contributed by atoms with Gasteiger partial charge in [-0.1, -0.05) is 168 Å². The summed E-state index contributed by atoms with van der Waals surface area (Å²) in [6, 6.07) is 70.2. The minimum Gasteiger partial charge on any atom is -0.310 e. The Morgan fingerprint density at radius 1 is 0.305 bits per heavy atom. The van der Waals surface area contributed by atoms with Gasteiger partial charge in [0.1, 0.15) is 23.5 Å². The highest BCUT2D eigenvalue weighted by atomic mass is 15.0. The molecular weight excluding hydrogens is 709 g/mol. The maximum absolute atomic E-state index is 7.48. The summed E-state index contributed by atoms with van der Waals surface area (Å²) in [5.74, 6) is 0. The molecule has 0 saturated heterocycles. The number of rotatable bonds is 6. The van der Waals surface area contributed by atoms with Crippen LogP contribution in [0.15, 0.2) is 200 Å². The van der Waals surface area contributed by atoms with E-state index in [1.807, 2.05) is 18.2 Å². The molecule has 0 unspecified atom stereocenters. The van der Waals surface area contributed by atoms with Crippen LogP contribution in [-0.4, -0.2) is 32.7 Å². The largest absolute Gasteiger partial charge is 0.310 e. The Morgan fingerprint density at radius 2 is 0.814 bits per heavy atom. The molecule has 11 aromatic rings. The predicted octanol–water partition coefficient (Wildman–Crippen LogP) is 10.9. The van der Waals surface area contributed by atoms with Crippen molar-refractivity contribution < 1.29 is 0 Å². The van der Waals surface area contributed by atoms with Crippen molar-refractivity contribution in [2.45, 2.75) is 0 Å². The SMILES string of the molecule is [B]c1c(-c2ccc3c(c2)c2ccccc2n3-c2ccccc2)c([B])c2c3c(-c4ccccc4)cccc3n(-c3ccc(-c4ccc(-c5ccccc5)cc4)cc3)c2c1[B]. The molecule has 59 heavy (non-hydrogen) atoms. The highest BCUT2D eigenvalue weighted by Crippen LogP contribution is 2.40. The molecule has 0 fully saturated rings. The second-order valence-corrected chi connectivity index (χ2v) is 15.2. The van der Waals surface area contributed by atoms with Crippen molar-refractivity contribution in [3.05, 3.63) is 200 Å². The van der Waals surface area contributed by atoms with Crippen LogP contribution in [0.25, 0.3) is 99.5 Å². The lowest BCUT2D eigenvalue weighted by atomic mass is 9.69. The zero-order valence-electron chi connectivity index (χ0n) is 32.2. The lowest BCUT2D eigenvalue weighted by molar-refractivity contribution is 1.18. The van der Waals surface area contributed by atoms with Crippen LogP contribution in [-0.2, 0) is 0 Å². The number of nitrogens with zero attached hydrogens (tertiary/aromatic N) is 2. The highest BCUT2D eigenvalue weighted by Gasteiger charge is 2.24. The van der Waals surface area contributed by atoms with Crippen LogP contribution in [0.2, 0.25) is 0 Å². The van der Waals surface area contributed by atoms with Gasteiger partial charge in [0.05, 0.1) is 16.6 Å². The van der Waals surface area contributed by atoms with Crippen LogP contribution >= 0.6 is 0 Å². The first-order valence-corrected chi connectivity index (χ1v) is 19.9. The van der Waals surface area contributed by atoms with Crippen LogP contribution in [0.1, 0.15) is 0 Å². The maximum atomic E-state index is 7.48. The average Bonchev–Trinajstić information content (AvgIpc) is 3.83. The van der Waals surface area contributed by atoms with E-state index in [2.05, 4.69) is 191 Å². The maximum Gasteiger partial charge on any atom is 0.115 e. The van der Waals surface area contributed by atoms with Gasteiger partial charge in [-0.15, -0.1) is 0 Å². The molecule has 0 N–H and O–H groups in total. The molecule has 5 heteroatoms. The molecular formula is C54H33B3N2. The number of para-hydroxylation sites is 2. The van der Waals surface area contributed by atoms with Gasteiger partial charge in [-0.3, -0.25) is 0 Å². The van der Waals surface area contributed by atoms with E-state index in [0.29, 0.717) is 16.4 Å². The van der Waals surface area contributed by atoms with Gasteiger partial charge in [0.25, 0.3) is 0 Å². The molecule has 9 aromatic carbocycles. The van der Waals surface area contributed by atoms with Crippen molar-refractivity contribution >= 4 is 83.5 Å². The predicted molar refractivity (Wildman–Crippen MR) is 253 cm³/mol. The van der Waals surface area contributed by atoms with E-state index in [-0.39, 0.29) is 0 Å². The Kier molecular flexibility index (Phi) is 8.30. The smallest absolute Gasteiger partial charge is 0.115 e. The summed E-state index contributed by atoms with van der Waals surface area (Å²) in [6.07, 6.45) is 0. The van der Waals surface area contributed by atoms with Gasteiger partial charge in [0.15, 0.2) is 0 Å². The minimum atomic E-state index is 0.460. The van der Waals surface area contributed by atoms with Crippen LogP contribution in [0.5, 0.6) is 0 Å². The normalized spacial score (nSPS) is 11.6. The minimum absolute atomic E-state index is 0.460. The third kappa shape index (κ3) is 5.61. The van der Waals surface area contributed by atoms with Gasteiger partial charge in [-0.2, -0.15) is 0 Å². The Labute approximate surface area is 347 Å². The fraction of sp³-hybridized carbons (Fsp3) is 0. The number of aromatic nitrogens is 2. The molecule has 2 aromatic heterocycles. The van der Waals surface area contributed by atoms with E-state index in [1.165, 1.54) is 11.1 Å². The first kappa shape index (κ1) is 35.0. The Hall–Kier alpha value is -7.23. The van der Waals surface area contributed by atoms with Crippen LogP contribution in [0.3, 0.4) is 0 Å². The van der Waals surface area contributed by atoms with E-state index >= 15 is 0 Å². The van der Waals surface area contributed by atoms with Crippen molar-refractivity contribution in [2.75, 3.05) is 0 Å². The molecule has 0 saturated carbocycles.